The van der Waals surface area contributed by atoms with E-state index in [1.165, 1.54) is 12.0 Å². The maximum absolute atomic E-state index is 14.2. The average molecular weight is 766 g/mol. The number of nitrogens with zero attached hydrogens (tertiary/aromatic N) is 3. The van der Waals surface area contributed by atoms with Crippen LogP contribution in [0, 0.1) is 56.2 Å². The van der Waals surface area contributed by atoms with Gasteiger partial charge in [-0.2, -0.15) is 0 Å². The molecule has 5 aliphatic rings. The molecule has 4 fully saturated rings. The average Bonchev–Trinajstić information content (AvgIpc) is 3.70. The molecule has 0 radical (unpaired) electrons. The van der Waals surface area contributed by atoms with Crippen molar-refractivity contribution in [2.75, 3.05) is 33.7 Å². The number of aliphatic carboxylic acids is 1. The second-order valence-corrected chi connectivity index (χ2v) is 21.1. The van der Waals surface area contributed by atoms with Crippen molar-refractivity contribution in [2.24, 2.45) is 56.2 Å². The van der Waals surface area contributed by atoms with Crippen LogP contribution < -0.4 is 0 Å². The number of esters is 1. The fraction of sp³-hybridized carbons (Fsp3) is 0.822. The zero-order valence-corrected chi connectivity index (χ0v) is 35.8. The molecule has 6 rings (SSSR count). The first-order valence-corrected chi connectivity index (χ1v) is 21.2. The summed E-state index contributed by atoms with van der Waals surface area (Å²) in [6, 6.07) is 0. The van der Waals surface area contributed by atoms with E-state index in [2.05, 4.69) is 77.3 Å². The zero-order valence-electron chi connectivity index (χ0n) is 35.8. The maximum Gasteiger partial charge on any atom is 0.309 e. The lowest BCUT2D eigenvalue weighted by atomic mass is 9.33. The van der Waals surface area contributed by atoms with Gasteiger partial charge >= 0.3 is 11.9 Å². The molecule has 0 bridgehead atoms. The zero-order chi connectivity index (χ0) is 40.5. The van der Waals surface area contributed by atoms with Crippen LogP contribution in [0.3, 0.4) is 0 Å². The maximum atomic E-state index is 14.2. The minimum absolute atomic E-state index is 0.0333. The number of Topliss-reactive ketones (excluding diaryl/α,β-unsaturated/α-hetero) is 1. The minimum Gasteiger partial charge on any atom is -0.481 e. The van der Waals surface area contributed by atoms with E-state index in [1.54, 1.807) is 20.1 Å². The smallest absolute Gasteiger partial charge is 0.309 e. The number of aliphatic hydroxyl groups is 1. The van der Waals surface area contributed by atoms with Crippen molar-refractivity contribution in [3.8, 4) is 0 Å². The van der Waals surface area contributed by atoms with Gasteiger partial charge in [0.25, 0.3) is 0 Å². The molecule has 2 N–H and O–H groups in total. The van der Waals surface area contributed by atoms with Gasteiger partial charge in [0.05, 0.1) is 23.6 Å². The highest BCUT2D eigenvalue weighted by molar-refractivity contribution is 6.00. The van der Waals surface area contributed by atoms with E-state index in [9.17, 15) is 24.6 Å². The van der Waals surface area contributed by atoms with E-state index in [4.69, 9.17) is 9.15 Å². The van der Waals surface area contributed by atoms with Crippen LogP contribution in [-0.4, -0.2) is 88.7 Å². The van der Waals surface area contributed by atoms with Gasteiger partial charge in [0, 0.05) is 43.4 Å². The summed E-state index contributed by atoms with van der Waals surface area (Å²) in [6.07, 6.45) is 10.2. The van der Waals surface area contributed by atoms with Crippen LogP contribution in [0.25, 0.3) is 0 Å². The summed E-state index contributed by atoms with van der Waals surface area (Å²) in [7, 11) is 4.13. The first-order valence-electron chi connectivity index (χ1n) is 21.2. The normalized spacial score (nSPS) is 36.4. The van der Waals surface area contributed by atoms with E-state index in [-0.39, 0.29) is 51.8 Å². The summed E-state index contributed by atoms with van der Waals surface area (Å²) in [5.74, 6) is -0.0222. The number of carboxylic acid groups (broad SMARTS) is 1. The van der Waals surface area contributed by atoms with E-state index in [0.29, 0.717) is 31.3 Å². The van der Waals surface area contributed by atoms with Crippen molar-refractivity contribution in [3.05, 3.63) is 29.5 Å². The molecule has 0 aromatic carbocycles. The Labute approximate surface area is 330 Å². The lowest BCUT2D eigenvalue weighted by molar-refractivity contribution is -0.235. The SMILES string of the molecule is CC(C)C1=C2[C@H]3CC[C@@H]4[C@@]5(C)CCC(OC(=O)CC(C)(C)C(=O)O)C(C)(C)[C@@H]5CC[C@@]4(C)[C@]3(C)CC[C@@]2([C@@H](O)CN(CCN(C)C)Cc2cocn2)CC1=O. The highest BCUT2D eigenvalue weighted by Gasteiger charge is 2.71. The third-order valence-electron chi connectivity index (χ3n) is 16.7. The fourth-order valence-electron chi connectivity index (χ4n) is 13.5. The third-order valence-corrected chi connectivity index (χ3v) is 16.7. The van der Waals surface area contributed by atoms with Gasteiger partial charge in [0.15, 0.2) is 12.2 Å². The van der Waals surface area contributed by atoms with Crippen LogP contribution >= 0.6 is 0 Å². The van der Waals surface area contributed by atoms with Crippen molar-refractivity contribution in [1.29, 1.82) is 0 Å². The predicted molar refractivity (Wildman–Crippen MR) is 212 cm³/mol. The molecule has 55 heavy (non-hydrogen) atoms. The molecule has 9 atom stereocenters. The van der Waals surface area contributed by atoms with Crippen molar-refractivity contribution < 1.29 is 33.8 Å². The van der Waals surface area contributed by atoms with Gasteiger partial charge in [0.2, 0.25) is 0 Å². The molecule has 4 saturated carbocycles. The molecule has 308 valence electrons. The second kappa shape index (κ2) is 14.7. The molecule has 10 heteroatoms. The number of carbonyl (C=O) groups excluding carboxylic acids is 2. The number of rotatable bonds is 13. The van der Waals surface area contributed by atoms with Crippen LogP contribution in [0.1, 0.15) is 132 Å². The summed E-state index contributed by atoms with van der Waals surface area (Å²) in [5, 5.41) is 22.2. The van der Waals surface area contributed by atoms with E-state index < -0.39 is 28.9 Å². The van der Waals surface area contributed by atoms with Crippen molar-refractivity contribution >= 4 is 17.7 Å². The van der Waals surface area contributed by atoms with Crippen LogP contribution in [0.2, 0.25) is 0 Å². The Hall–Kier alpha value is -2.56. The molecule has 0 saturated heterocycles. The Kier molecular flexibility index (Phi) is 11.2. The van der Waals surface area contributed by atoms with Gasteiger partial charge < -0.3 is 24.3 Å². The Balaban J connectivity index is 1.28. The topological polar surface area (TPSA) is 133 Å². The number of ketones is 1. The van der Waals surface area contributed by atoms with Crippen LogP contribution in [-0.2, 0) is 25.7 Å². The van der Waals surface area contributed by atoms with Gasteiger partial charge in [-0.1, -0.05) is 54.0 Å². The van der Waals surface area contributed by atoms with Crippen LogP contribution in [0.5, 0.6) is 0 Å². The molecular formula is C45H71N3O7. The number of hydrogen-bond acceptors (Lipinski definition) is 9. The number of hydrogen-bond donors (Lipinski definition) is 2. The number of aromatic nitrogens is 1. The largest absolute Gasteiger partial charge is 0.481 e. The number of fused-ring (bicyclic) bond motifs is 7. The molecule has 10 nitrogen and oxygen atoms in total. The summed E-state index contributed by atoms with van der Waals surface area (Å²) in [4.78, 5) is 48.0. The third kappa shape index (κ3) is 6.96. The number of oxazole rings is 1. The second-order valence-electron chi connectivity index (χ2n) is 21.1. The van der Waals surface area contributed by atoms with Gasteiger partial charge in [-0.3, -0.25) is 19.3 Å². The number of aliphatic hydroxyl groups excluding tert-OH is 1. The number of likely N-dealkylation sites (N-methyl/N-ethyl adjacent to an activating group) is 1. The molecular weight excluding hydrogens is 695 g/mol. The van der Waals surface area contributed by atoms with E-state index in [0.717, 1.165) is 75.7 Å². The monoisotopic (exact) mass is 766 g/mol. The molecule has 1 aromatic rings. The summed E-state index contributed by atoms with van der Waals surface area (Å²) >= 11 is 0. The Morgan fingerprint density at radius 3 is 2.31 bits per heavy atom. The molecule has 0 amide bonds. The Morgan fingerprint density at radius 1 is 0.982 bits per heavy atom. The molecule has 0 aliphatic heterocycles. The number of carbonyl (C=O) groups is 3. The summed E-state index contributed by atoms with van der Waals surface area (Å²) in [5.41, 5.74) is 1.18. The quantitative estimate of drug-likeness (QED) is 0.192. The Morgan fingerprint density at radius 2 is 1.69 bits per heavy atom. The lowest BCUT2D eigenvalue weighted by Gasteiger charge is -2.72. The predicted octanol–water partition coefficient (Wildman–Crippen LogP) is 7.79. The standard InChI is InChI=1S/C45H71N3O7/c1-28(2)37-31(49)22-45(34(50)25-48(21-20-47(10)11)24-29-26-54-27-46-29)19-18-43(8)30(38(37)45)12-13-33-42(7)16-15-35(55-36(51)23-40(3,4)39(52)53)41(5,6)32(42)14-17-44(33,43)9/h26-28,30,32-35,50H,12-25H2,1-11H3,(H,52,53)/t30-,32+,33-,34+,35?,42+,43-,44-,45+/m1/s1. The lowest BCUT2D eigenvalue weighted by Crippen LogP contribution is -2.66. The van der Waals surface area contributed by atoms with Gasteiger partial charge in [-0.15, -0.1) is 0 Å². The summed E-state index contributed by atoms with van der Waals surface area (Å²) in [6.45, 7) is 22.3. The van der Waals surface area contributed by atoms with Crippen molar-refractivity contribution in [2.45, 2.75) is 145 Å². The van der Waals surface area contributed by atoms with Crippen LogP contribution in [0.15, 0.2) is 28.2 Å². The van der Waals surface area contributed by atoms with E-state index >= 15 is 0 Å². The number of carboxylic acids is 1. The molecule has 5 aliphatic carbocycles. The van der Waals surface area contributed by atoms with E-state index in [1.807, 2.05) is 0 Å². The summed E-state index contributed by atoms with van der Waals surface area (Å²) < 4.78 is 11.5. The Bertz CT molecular complexity index is 1650. The van der Waals surface area contributed by atoms with Crippen molar-refractivity contribution in [3.63, 3.8) is 0 Å². The molecule has 1 heterocycles. The van der Waals surface area contributed by atoms with Gasteiger partial charge in [-0.25, -0.2) is 4.98 Å². The number of ether oxygens (including phenoxy) is 1. The molecule has 1 aromatic heterocycles. The number of allylic oxidation sites excluding steroid dienone is 1. The van der Waals surface area contributed by atoms with Gasteiger partial charge in [-0.05, 0) is 125 Å². The minimum atomic E-state index is -1.17. The molecule has 1 unspecified atom stereocenters. The van der Waals surface area contributed by atoms with Crippen molar-refractivity contribution in [1.82, 2.24) is 14.8 Å². The molecule has 0 spiro atoms. The highest BCUT2D eigenvalue weighted by atomic mass is 16.5. The first-order chi connectivity index (χ1) is 25.5. The van der Waals surface area contributed by atoms with Gasteiger partial charge in [0.1, 0.15) is 12.4 Å². The first kappa shape index (κ1) is 42.1. The van der Waals surface area contributed by atoms with Crippen LogP contribution in [0.4, 0.5) is 0 Å². The fourth-order valence-corrected chi connectivity index (χ4v) is 13.5. The highest BCUT2D eigenvalue weighted by Crippen LogP contribution is 2.77.